The summed E-state index contributed by atoms with van der Waals surface area (Å²) < 4.78 is 10.1. The standard InChI is InChI=1S/C18H17NO6/c1-11-8-13(5-7-16(11)24-2)14(18(20)21)9-12-4-6-17(25-3)15(10-12)19(22)23/h4-10H,1-3H3,(H,20,21)/b14-9-. The highest BCUT2D eigenvalue weighted by Crippen LogP contribution is 2.30. The van der Waals surface area contributed by atoms with Gasteiger partial charge in [-0.3, -0.25) is 10.1 Å². The van der Waals surface area contributed by atoms with E-state index in [1.165, 1.54) is 32.4 Å². The van der Waals surface area contributed by atoms with Crippen LogP contribution in [-0.4, -0.2) is 30.2 Å². The predicted octanol–water partition coefficient (Wildman–Crippen LogP) is 3.55. The van der Waals surface area contributed by atoms with Crippen molar-refractivity contribution in [3.63, 3.8) is 0 Å². The van der Waals surface area contributed by atoms with Crippen LogP contribution in [0.1, 0.15) is 16.7 Å². The molecule has 0 fully saturated rings. The molecule has 0 aliphatic heterocycles. The van der Waals surface area contributed by atoms with Gasteiger partial charge in [0.15, 0.2) is 5.75 Å². The van der Waals surface area contributed by atoms with Crippen LogP contribution in [0.25, 0.3) is 11.6 Å². The van der Waals surface area contributed by atoms with Crippen molar-refractivity contribution in [3.05, 3.63) is 63.2 Å². The van der Waals surface area contributed by atoms with Crippen LogP contribution in [0.2, 0.25) is 0 Å². The molecule has 130 valence electrons. The Kier molecular flexibility index (Phi) is 5.38. The van der Waals surface area contributed by atoms with Gasteiger partial charge in [0.1, 0.15) is 5.75 Å². The smallest absolute Gasteiger partial charge is 0.336 e. The highest BCUT2D eigenvalue weighted by atomic mass is 16.6. The van der Waals surface area contributed by atoms with Crippen LogP contribution in [0.5, 0.6) is 11.5 Å². The van der Waals surface area contributed by atoms with E-state index in [1.54, 1.807) is 31.2 Å². The van der Waals surface area contributed by atoms with Crippen molar-refractivity contribution < 1.29 is 24.3 Å². The molecule has 0 saturated heterocycles. The first-order valence-corrected chi connectivity index (χ1v) is 7.29. The van der Waals surface area contributed by atoms with E-state index in [-0.39, 0.29) is 17.0 Å². The maximum atomic E-state index is 11.7. The Morgan fingerprint density at radius 2 is 1.76 bits per heavy atom. The molecule has 0 amide bonds. The molecule has 0 aliphatic carbocycles. The Labute approximate surface area is 144 Å². The Balaban J connectivity index is 2.54. The van der Waals surface area contributed by atoms with Crippen LogP contribution in [-0.2, 0) is 4.79 Å². The zero-order valence-corrected chi connectivity index (χ0v) is 14.0. The van der Waals surface area contributed by atoms with Crippen molar-refractivity contribution >= 4 is 23.3 Å². The number of ether oxygens (including phenoxy) is 2. The van der Waals surface area contributed by atoms with E-state index in [2.05, 4.69) is 0 Å². The number of carboxylic acids is 1. The first kappa shape index (κ1) is 18.0. The summed E-state index contributed by atoms with van der Waals surface area (Å²) in [6.07, 6.45) is 1.38. The predicted molar refractivity (Wildman–Crippen MR) is 92.9 cm³/mol. The van der Waals surface area contributed by atoms with Crippen molar-refractivity contribution in [3.8, 4) is 11.5 Å². The number of nitro groups is 1. The number of nitrogens with zero attached hydrogens (tertiary/aromatic N) is 1. The molecule has 0 saturated carbocycles. The normalized spacial score (nSPS) is 11.1. The molecule has 0 aromatic heterocycles. The van der Waals surface area contributed by atoms with Gasteiger partial charge < -0.3 is 14.6 Å². The lowest BCUT2D eigenvalue weighted by Gasteiger charge is -2.09. The van der Waals surface area contributed by atoms with Gasteiger partial charge >= 0.3 is 11.7 Å². The van der Waals surface area contributed by atoms with Crippen LogP contribution < -0.4 is 9.47 Å². The fourth-order valence-corrected chi connectivity index (χ4v) is 2.42. The van der Waals surface area contributed by atoms with E-state index in [0.29, 0.717) is 16.9 Å². The zero-order chi connectivity index (χ0) is 18.6. The minimum atomic E-state index is -1.14. The molecule has 7 heteroatoms. The third-order valence-electron chi connectivity index (χ3n) is 3.65. The third kappa shape index (κ3) is 3.95. The molecule has 2 aromatic rings. The van der Waals surface area contributed by atoms with E-state index in [1.807, 2.05) is 0 Å². The van der Waals surface area contributed by atoms with Gasteiger partial charge in [0.05, 0.1) is 24.7 Å². The van der Waals surface area contributed by atoms with Crippen LogP contribution in [0.4, 0.5) is 5.69 Å². The minimum Gasteiger partial charge on any atom is -0.496 e. The molecule has 0 spiro atoms. The van der Waals surface area contributed by atoms with Gasteiger partial charge in [-0.25, -0.2) is 4.79 Å². The first-order chi connectivity index (χ1) is 11.9. The molecule has 0 atom stereocenters. The minimum absolute atomic E-state index is 0.0187. The van der Waals surface area contributed by atoms with E-state index >= 15 is 0 Å². The molecule has 2 aromatic carbocycles. The molecule has 2 rings (SSSR count). The van der Waals surface area contributed by atoms with E-state index < -0.39 is 10.9 Å². The maximum absolute atomic E-state index is 11.7. The summed E-state index contributed by atoms with van der Waals surface area (Å²) in [4.78, 5) is 22.2. The molecule has 0 bridgehead atoms. The summed E-state index contributed by atoms with van der Waals surface area (Å²) in [6, 6.07) is 9.27. The number of carboxylic acid groups (broad SMARTS) is 1. The second kappa shape index (κ2) is 7.48. The number of rotatable bonds is 6. The lowest BCUT2D eigenvalue weighted by molar-refractivity contribution is -0.385. The number of hydrogen-bond donors (Lipinski definition) is 1. The van der Waals surface area contributed by atoms with Gasteiger partial charge in [-0.1, -0.05) is 12.1 Å². The summed E-state index contributed by atoms with van der Waals surface area (Å²) in [5.41, 5.74) is 1.44. The SMILES string of the molecule is COc1ccc(/C(=C/c2ccc(OC)c([N+](=O)[O-])c2)C(=O)O)cc1C. The summed E-state index contributed by atoms with van der Waals surface area (Å²) in [5, 5.41) is 20.6. The Hall–Kier alpha value is -3.35. The molecule has 25 heavy (non-hydrogen) atoms. The molecular formula is C18H17NO6. The van der Waals surface area contributed by atoms with E-state index in [0.717, 1.165) is 5.56 Å². The van der Waals surface area contributed by atoms with Crippen LogP contribution in [0.15, 0.2) is 36.4 Å². The van der Waals surface area contributed by atoms with Crippen LogP contribution in [0.3, 0.4) is 0 Å². The highest BCUT2D eigenvalue weighted by molar-refractivity contribution is 6.20. The van der Waals surface area contributed by atoms with Crippen molar-refractivity contribution in [2.75, 3.05) is 14.2 Å². The number of aliphatic carboxylic acids is 1. The maximum Gasteiger partial charge on any atom is 0.336 e. The van der Waals surface area contributed by atoms with Gasteiger partial charge in [0.25, 0.3) is 0 Å². The first-order valence-electron chi connectivity index (χ1n) is 7.29. The number of nitro benzene ring substituents is 1. The molecular weight excluding hydrogens is 326 g/mol. The Morgan fingerprint density at radius 1 is 1.12 bits per heavy atom. The fraction of sp³-hybridized carbons (Fsp3) is 0.167. The summed E-state index contributed by atoms with van der Waals surface area (Å²) in [7, 11) is 2.87. The second-order valence-electron chi connectivity index (χ2n) is 5.24. The lowest BCUT2D eigenvalue weighted by Crippen LogP contribution is -2.01. The number of methoxy groups -OCH3 is 2. The van der Waals surface area contributed by atoms with Crippen LogP contribution >= 0.6 is 0 Å². The summed E-state index contributed by atoms with van der Waals surface area (Å²) >= 11 is 0. The summed E-state index contributed by atoms with van der Waals surface area (Å²) in [5.74, 6) is -0.379. The van der Waals surface area contributed by atoms with Crippen molar-refractivity contribution in [1.29, 1.82) is 0 Å². The molecule has 0 heterocycles. The van der Waals surface area contributed by atoms with Gasteiger partial charge in [-0.2, -0.15) is 0 Å². The van der Waals surface area contributed by atoms with Gasteiger partial charge in [0.2, 0.25) is 0 Å². The highest BCUT2D eigenvalue weighted by Gasteiger charge is 2.17. The zero-order valence-electron chi connectivity index (χ0n) is 14.0. The Morgan fingerprint density at radius 3 is 2.28 bits per heavy atom. The largest absolute Gasteiger partial charge is 0.496 e. The topological polar surface area (TPSA) is 98.9 Å². The van der Waals surface area contributed by atoms with E-state index in [4.69, 9.17) is 9.47 Å². The quantitative estimate of drug-likeness (QED) is 0.373. The molecule has 1 N–H and O–H groups in total. The van der Waals surface area contributed by atoms with Gasteiger partial charge in [-0.05, 0) is 47.9 Å². The third-order valence-corrected chi connectivity index (χ3v) is 3.65. The average molecular weight is 343 g/mol. The average Bonchev–Trinajstić information content (AvgIpc) is 2.59. The van der Waals surface area contributed by atoms with Gasteiger partial charge in [-0.15, -0.1) is 0 Å². The molecule has 0 radical (unpaired) electrons. The molecule has 0 unspecified atom stereocenters. The summed E-state index contributed by atoms with van der Waals surface area (Å²) in [6.45, 7) is 1.81. The number of carbonyl (C=O) groups is 1. The van der Waals surface area contributed by atoms with Crippen molar-refractivity contribution in [2.24, 2.45) is 0 Å². The fourth-order valence-electron chi connectivity index (χ4n) is 2.42. The van der Waals surface area contributed by atoms with Crippen LogP contribution in [0, 0.1) is 17.0 Å². The number of benzene rings is 2. The van der Waals surface area contributed by atoms with Crippen molar-refractivity contribution in [2.45, 2.75) is 6.92 Å². The Bertz CT molecular complexity index is 857. The second-order valence-corrected chi connectivity index (χ2v) is 5.24. The molecule has 7 nitrogen and oxygen atoms in total. The van der Waals surface area contributed by atoms with Gasteiger partial charge in [0, 0.05) is 6.07 Å². The number of aryl methyl sites for hydroxylation is 1. The lowest BCUT2D eigenvalue weighted by atomic mass is 10.0. The molecule has 0 aliphatic rings. The number of hydrogen-bond acceptors (Lipinski definition) is 5. The van der Waals surface area contributed by atoms with E-state index in [9.17, 15) is 20.0 Å². The monoisotopic (exact) mass is 343 g/mol. The van der Waals surface area contributed by atoms with Crippen molar-refractivity contribution in [1.82, 2.24) is 0 Å².